The van der Waals surface area contributed by atoms with E-state index in [2.05, 4.69) is 9.97 Å². The van der Waals surface area contributed by atoms with Gasteiger partial charge in [-0.15, -0.1) is 0 Å². The van der Waals surface area contributed by atoms with Crippen molar-refractivity contribution in [3.63, 3.8) is 0 Å². The third-order valence-corrected chi connectivity index (χ3v) is 5.35. The molecule has 0 spiro atoms. The molecular weight excluding hydrogens is 429 g/mol. The monoisotopic (exact) mass is 451 g/mol. The molecule has 0 saturated heterocycles. The third-order valence-electron chi connectivity index (χ3n) is 5.35. The van der Waals surface area contributed by atoms with Crippen molar-refractivity contribution in [1.29, 1.82) is 0 Å². The molecule has 1 heterocycles. The predicted molar refractivity (Wildman–Crippen MR) is 112 cm³/mol. The summed E-state index contributed by atoms with van der Waals surface area (Å²) in [4.78, 5) is 7.69. The standard InChI is InChI=1S/C23H22BF6N2/c1-3-19-20(4-2)32-21(31-19)24-13-18(14-7-5-9-16(11-14)22(25,26)27)15-8-6-10-17(12-15)23(28,29)30/h5-12,18H,3-4,13H2,1-2H3,(H,31,32). The summed E-state index contributed by atoms with van der Waals surface area (Å²) in [6, 6.07) is 9.45. The van der Waals surface area contributed by atoms with Crippen molar-refractivity contribution in [3.8, 4) is 0 Å². The zero-order valence-corrected chi connectivity index (χ0v) is 17.6. The van der Waals surface area contributed by atoms with Crippen LogP contribution in [0.5, 0.6) is 0 Å². The lowest BCUT2D eigenvalue weighted by Gasteiger charge is -2.20. The van der Waals surface area contributed by atoms with Crippen molar-refractivity contribution in [2.45, 2.75) is 51.3 Å². The van der Waals surface area contributed by atoms with Gasteiger partial charge in [0.05, 0.1) is 22.5 Å². The van der Waals surface area contributed by atoms with Crippen LogP contribution >= 0.6 is 0 Å². The Balaban J connectivity index is 1.99. The topological polar surface area (TPSA) is 28.7 Å². The highest BCUT2D eigenvalue weighted by atomic mass is 19.4. The molecule has 2 aromatic carbocycles. The van der Waals surface area contributed by atoms with Crippen molar-refractivity contribution in [3.05, 3.63) is 82.2 Å². The zero-order chi connectivity index (χ0) is 23.5. The molecular formula is C23H22BF6N2. The summed E-state index contributed by atoms with van der Waals surface area (Å²) in [5.41, 5.74) is 1.31. The minimum absolute atomic E-state index is 0.183. The second-order valence-corrected chi connectivity index (χ2v) is 7.49. The molecule has 1 radical (unpaired) electrons. The lowest BCUT2D eigenvalue weighted by molar-refractivity contribution is -0.138. The molecule has 0 aliphatic heterocycles. The molecule has 1 N–H and O–H groups in total. The Bertz CT molecular complexity index is 976. The second-order valence-electron chi connectivity index (χ2n) is 7.49. The van der Waals surface area contributed by atoms with E-state index in [1.807, 2.05) is 13.8 Å². The lowest BCUT2D eigenvalue weighted by atomic mass is 9.65. The number of benzene rings is 2. The Labute approximate surface area is 183 Å². The summed E-state index contributed by atoms with van der Waals surface area (Å²) < 4.78 is 79.6. The van der Waals surface area contributed by atoms with Gasteiger partial charge in [-0.1, -0.05) is 56.6 Å². The fourth-order valence-electron chi connectivity index (χ4n) is 3.71. The van der Waals surface area contributed by atoms with Crippen LogP contribution in [0.25, 0.3) is 0 Å². The van der Waals surface area contributed by atoms with Crippen LogP contribution in [0.1, 0.15) is 53.4 Å². The van der Waals surface area contributed by atoms with E-state index < -0.39 is 29.4 Å². The van der Waals surface area contributed by atoms with Crippen LogP contribution in [0.15, 0.2) is 48.5 Å². The van der Waals surface area contributed by atoms with Crippen LogP contribution in [-0.2, 0) is 25.2 Å². The summed E-state index contributed by atoms with van der Waals surface area (Å²) in [5.74, 6) is -0.708. The van der Waals surface area contributed by atoms with E-state index in [0.29, 0.717) is 5.72 Å². The van der Waals surface area contributed by atoms with Gasteiger partial charge in [0.2, 0.25) is 7.28 Å². The van der Waals surface area contributed by atoms with Crippen molar-refractivity contribution in [1.82, 2.24) is 9.97 Å². The highest BCUT2D eigenvalue weighted by Crippen LogP contribution is 2.36. The lowest BCUT2D eigenvalue weighted by Crippen LogP contribution is -2.21. The highest BCUT2D eigenvalue weighted by Gasteiger charge is 2.33. The van der Waals surface area contributed by atoms with E-state index in [-0.39, 0.29) is 17.4 Å². The van der Waals surface area contributed by atoms with E-state index in [1.165, 1.54) is 24.3 Å². The molecule has 169 valence electrons. The minimum Gasteiger partial charge on any atom is -0.354 e. The summed E-state index contributed by atoms with van der Waals surface area (Å²) in [7, 11) is 1.73. The van der Waals surface area contributed by atoms with Gasteiger partial charge in [-0.25, -0.2) is 4.98 Å². The molecule has 0 aliphatic carbocycles. The first-order valence-electron chi connectivity index (χ1n) is 10.3. The first-order valence-corrected chi connectivity index (χ1v) is 10.3. The Morgan fingerprint density at radius 3 is 1.78 bits per heavy atom. The maximum Gasteiger partial charge on any atom is 0.416 e. The molecule has 0 atom stereocenters. The first-order chi connectivity index (χ1) is 15.0. The number of imidazole rings is 1. The second kappa shape index (κ2) is 9.42. The van der Waals surface area contributed by atoms with Crippen molar-refractivity contribution >= 4 is 13.0 Å². The number of hydrogen-bond acceptors (Lipinski definition) is 1. The van der Waals surface area contributed by atoms with Crippen molar-refractivity contribution in [2.75, 3.05) is 0 Å². The van der Waals surface area contributed by atoms with Gasteiger partial charge in [0.1, 0.15) is 0 Å². The first kappa shape index (κ1) is 23.9. The van der Waals surface area contributed by atoms with Gasteiger partial charge in [-0.3, -0.25) is 0 Å². The zero-order valence-electron chi connectivity index (χ0n) is 17.6. The number of aromatic nitrogens is 2. The average Bonchev–Trinajstić information content (AvgIpc) is 3.15. The Morgan fingerprint density at radius 2 is 1.38 bits per heavy atom. The molecule has 3 aromatic rings. The van der Waals surface area contributed by atoms with Gasteiger partial charge < -0.3 is 4.98 Å². The SMILES string of the molecule is CCc1nc([B]CC(c2cccc(C(F)(F)F)c2)c2cccc(C(F)(F)F)c2)[nH]c1CC. The number of hydrogen-bond donors (Lipinski definition) is 1. The molecule has 0 unspecified atom stereocenters. The fraction of sp³-hybridized carbons (Fsp3) is 0.348. The van der Waals surface area contributed by atoms with Crippen molar-refractivity contribution in [2.24, 2.45) is 0 Å². The van der Waals surface area contributed by atoms with Crippen LogP contribution in [0.2, 0.25) is 6.32 Å². The maximum atomic E-state index is 13.3. The third kappa shape index (κ3) is 5.55. The Hall–Kier alpha value is -2.71. The largest absolute Gasteiger partial charge is 0.416 e. The van der Waals surface area contributed by atoms with E-state index in [4.69, 9.17) is 0 Å². The molecule has 0 aliphatic rings. The highest BCUT2D eigenvalue weighted by molar-refractivity contribution is 6.51. The number of nitrogens with one attached hydrogen (secondary N) is 1. The summed E-state index contributed by atoms with van der Waals surface area (Å²) >= 11 is 0. The maximum absolute atomic E-state index is 13.3. The van der Waals surface area contributed by atoms with Gasteiger partial charge in [0.25, 0.3) is 0 Å². The number of aryl methyl sites for hydroxylation is 2. The van der Waals surface area contributed by atoms with Crippen LogP contribution < -0.4 is 5.72 Å². The number of H-pyrrole nitrogens is 1. The van der Waals surface area contributed by atoms with Gasteiger partial charge in [0.15, 0.2) is 0 Å². The summed E-state index contributed by atoms with van der Waals surface area (Å²) in [5, 5.41) is 0. The summed E-state index contributed by atoms with van der Waals surface area (Å²) in [6.45, 7) is 3.94. The molecule has 0 fully saturated rings. The number of halogens is 6. The van der Waals surface area contributed by atoms with Crippen LogP contribution in [0, 0.1) is 0 Å². The quantitative estimate of drug-likeness (QED) is 0.339. The Kier molecular flexibility index (Phi) is 7.05. The average molecular weight is 451 g/mol. The van der Waals surface area contributed by atoms with Crippen molar-refractivity contribution < 1.29 is 26.3 Å². The number of rotatable bonds is 7. The van der Waals surface area contributed by atoms with Crippen LogP contribution in [-0.4, -0.2) is 17.2 Å². The van der Waals surface area contributed by atoms with E-state index in [0.717, 1.165) is 48.5 Å². The number of nitrogens with zero attached hydrogens (tertiary/aromatic N) is 1. The molecule has 3 rings (SSSR count). The smallest absolute Gasteiger partial charge is 0.354 e. The van der Waals surface area contributed by atoms with Crippen LogP contribution in [0.4, 0.5) is 26.3 Å². The van der Waals surface area contributed by atoms with Crippen LogP contribution in [0.3, 0.4) is 0 Å². The fourth-order valence-corrected chi connectivity index (χ4v) is 3.71. The van der Waals surface area contributed by atoms with E-state index in [1.54, 1.807) is 7.28 Å². The molecule has 1 aromatic heterocycles. The molecule has 9 heteroatoms. The molecule has 0 bridgehead atoms. The van der Waals surface area contributed by atoms with Gasteiger partial charge >= 0.3 is 12.4 Å². The number of alkyl halides is 6. The van der Waals surface area contributed by atoms with E-state index in [9.17, 15) is 26.3 Å². The van der Waals surface area contributed by atoms with Gasteiger partial charge in [0, 0.05) is 11.6 Å². The predicted octanol–water partition coefficient (Wildman–Crippen LogP) is 6.15. The van der Waals surface area contributed by atoms with Gasteiger partial charge in [-0.2, -0.15) is 26.3 Å². The summed E-state index contributed by atoms with van der Waals surface area (Å²) in [6.07, 6.45) is -7.45. The molecule has 0 saturated carbocycles. The number of aromatic amines is 1. The molecule has 2 nitrogen and oxygen atoms in total. The molecule has 32 heavy (non-hydrogen) atoms. The van der Waals surface area contributed by atoms with Gasteiger partial charge in [-0.05, 0) is 36.1 Å². The normalized spacial score (nSPS) is 12.4. The Morgan fingerprint density at radius 1 is 0.844 bits per heavy atom. The minimum atomic E-state index is -4.55. The molecule has 0 amide bonds. The van der Waals surface area contributed by atoms with E-state index >= 15 is 0 Å².